The van der Waals surface area contributed by atoms with Crippen LogP contribution in [0.3, 0.4) is 0 Å². The SMILES string of the molecule is CC(C)CNC(=O)c1ccc(CCOc2ccc(F)c(CC(C)(F)F)c2)cn1.CC(F)(F)c1cccc(OCCc2ccc(C(=O)NCC3CCOCC3)nc2)c1.CCC(C)CNC(=O)c1ccc(CCOc2ccc(C(C)(F)F)cc2)cn1.CCC(C)CNC(=O)c1ccc(CCOc2cccc(C(C)(F)F)c2)cn1. The summed E-state index contributed by atoms with van der Waals surface area (Å²) < 4.78 is 147. The highest BCUT2D eigenvalue weighted by Crippen LogP contribution is 2.32. The van der Waals surface area contributed by atoms with E-state index in [0.29, 0.717) is 141 Å². The Hall–Kier alpha value is -10.1. The van der Waals surface area contributed by atoms with Crippen molar-refractivity contribution in [3.05, 3.63) is 237 Å². The molecule has 0 aliphatic carbocycles. The van der Waals surface area contributed by atoms with E-state index in [0.717, 1.165) is 94.9 Å². The van der Waals surface area contributed by atoms with Gasteiger partial charge >= 0.3 is 0 Å². The van der Waals surface area contributed by atoms with Crippen LogP contribution in [-0.2, 0) is 54.6 Å². The molecule has 2 unspecified atom stereocenters. The molecular weight excluding hydrogens is 1450 g/mol. The second-order valence-electron chi connectivity index (χ2n) is 28.2. The summed E-state index contributed by atoms with van der Waals surface area (Å²) in [6.07, 6.45) is 12.0. The second-order valence-corrected chi connectivity index (χ2v) is 28.2. The van der Waals surface area contributed by atoms with Gasteiger partial charge in [0.05, 0.1) is 26.4 Å². The normalized spacial score (nSPS) is 12.9. The van der Waals surface area contributed by atoms with Gasteiger partial charge in [-0.15, -0.1) is 0 Å². The van der Waals surface area contributed by atoms with Crippen molar-refractivity contribution in [1.29, 1.82) is 0 Å². The van der Waals surface area contributed by atoms with Crippen molar-refractivity contribution >= 4 is 23.6 Å². The average molecular weight is 1550 g/mol. The number of halogens is 9. The fourth-order valence-electron chi connectivity index (χ4n) is 10.3. The number of hydrogen-bond donors (Lipinski definition) is 4. The minimum Gasteiger partial charge on any atom is -0.493 e. The van der Waals surface area contributed by atoms with Crippen molar-refractivity contribution in [1.82, 2.24) is 41.2 Å². The maximum Gasteiger partial charge on any atom is 0.270 e. The minimum atomic E-state index is -2.99. The van der Waals surface area contributed by atoms with Gasteiger partial charge in [-0.1, -0.05) is 103 Å². The largest absolute Gasteiger partial charge is 0.493 e. The number of nitrogens with one attached hydrogen (secondary N) is 4. The lowest BCUT2D eigenvalue weighted by Gasteiger charge is -2.22. The van der Waals surface area contributed by atoms with Crippen molar-refractivity contribution in [3.8, 4) is 23.0 Å². The molecule has 0 spiro atoms. The van der Waals surface area contributed by atoms with Crippen molar-refractivity contribution in [3.63, 3.8) is 0 Å². The number of hydrogen-bond acceptors (Lipinski definition) is 13. The third-order valence-corrected chi connectivity index (χ3v) is 17.6. The highest BCUT2D eigenvalue weighted by molar-refractivity contribution is 5.93. The number of ether oxygens (including phenoxy) is 5. The summed E-state index contributed by atoms with van der Waals surface area (Å²) in [5.41, 5.74) is 4.82. The molecule has 8 aromatic rings. The minimum absolute atomic E-state index is 0.0405. The van der Waals surface area contributed by atoms with Crippen LogP contribution < -0.4 is 40.2 Å². The molecule has 4 aromatic heterocycles. The van der Waals surface area contributed by atoms with Gasteiger partial charge in [-0.05, 0) is 162 Å². The third kappa shape index (κ3) is 34.0. The first-order chi connectivity index (χ1) is 52.6. The Balaban J connectivity index is 0.000000231. The fraction of sp³-hybridized carbons (Fsp3) is 0.435. The van der Waals surface area contributed by atoms with Crippen LogP contribution in [0.1, 0.15) is 181 Å². The third-order valence-electron chi connectivity index (χ3n) is 17.6. The molecule has 5 heterocycles. The van der Waals surface area contributed by atoms with Gasteiger partial charge in [0.15, 0.2) is 0 Å². The lowest BCUT2D eigenvalue weighted by atomic mass is 10.0. The topological polar surface area (TPSA) is 214 Å². The van der Waals surface area contributed by atoms with Gasteiger partial charge in [0.2, 0.25) is 5.92 Å². The molecule has 0 saturated carbocycles. The second kappa shape index (κ2) is 44.7. The number of carbonyl (C=O) groups excluding carboxylic acids is 4. The zero-order valence-corrected chi connectivity index (χ0v) is 64.7. The van der Waals surface area contributed by atoms with Crippen molar-refractivity contribution in [2.75, 3.05) is 65.8 Å². The Bertz CT molecular complexity index is 4120. The standard InChI is InChI=1S/C22H26F2N2O3.C21H25F3N2O2.2C21H26F2N2O2/c1-22(23,24)18-3-2-4-19(13-18)29-12-9-16-5-6-20(25-14-16)21(27)26-15-17-7-10-28-11-8-17;1-14(2)12-26-20(27)19-7-4-15(13-25-19)8-9-28-17-5-6-18(22)16(10-17)11-21(3,23)24;1-4-15(2)13-25-20(26)19-10-5-16(14-24-19)11-12-27-18-8-6-17(7-9-18)21(3,22)23;1-4-15(2)13-25-20(26)19-9-8-16(14-24-19)10-11-27-18-7-5-6-17(12-18)21(3,22)23/h2-6,13-14,17H,7-12,15H2,1H3,(H,26,27);4-7,10,13-14H,8-9,11-12H2,1-3H3,(H,26,27);5-10,14-15H,4,11-13H2,1-3H3,(H,25,26);5-9,12,14-15H,4,10-11,13H2,1-3H3,(H,25,26). The molecular formula is C85H103F9N8O9. The lowest BCUT2D eigenvalue weighted by Crippen LogP contribution is -2.32. The van der Waals surface area contributed by atoms with Crippen LogP contribution in [0.25, 0.3) is 0 Å². The van der Waals surface area contributed by atoms with E-state index < -0.39 is 35.9 Å². The molecule has 0 radical (unpaired) electrons. The summed E-state index contributed by atoms with van der Waals surface area (Å²) in [7, 11) is 0. The molecule has 0 bridgehead atoms. The summed E-state index contributed by atoms with van der Waals surface area (Å²) in [5.74, 6) is -9.73. The number of pyridine rings is 4. The lowest BCUT2D eigenvalue weighted by molar-refractivity contribution is 0.0165. The molecule has 1 fully saturated rings. The van der Waals surface area contributed by atoms with Gasteiger partial charge < -0.3 is 45.0 Å². The number of carbonyl (C=O) groups is 4. The summed E-state index contributed by atoms with van der Waals surface area (Å²) >= 11 is 0. The molecule has 1 saturated heterocycles. The van der Waals surface area contributed by atoms with Gasteiger partial charge in [0.1, 0.15) is 51.6 Å². The Morgan fingerprint density at radius 3 is 1.14 bits per heavy atom. The molecule has 1 aliphatic heterocycles. The van der Waals surface area contributed by atoms with Gasteiger partial charge in [0, 0.05) is 134 Å². The van der Waals surface area contributed by atoms with E-state index in [4.69, 9.17) is 23.7 Å². The zero-order chi connectivity index (χ0) is 81.2. The zero-order valence-electron chi connectivity index (χ0n) is 64.7. The van der Waals surface area contributed by atoms with E-state index in [2.05, 4.69) is 68.9 Å². The first-order valence-corrected chi connectivity index (χ1v) is 37.3. The smallest absolute Gasteiger partial charge is 0.270 e. The Morgan fingerprint density at radius 1 is 0.441 bits per heavy atom. The molecule has 4 aromatic carbocycles. The van der Waals surface area contributed by atoms with Crippen LogP contribution in [0, 0.1) is 29.5 Å². The summed E-state index contributed by atoms with van der Waals surface area (Å²) in [4.78, 5) is 65.0. The number of amides is 4. The van der Waals surface area contributed by atoms with Crippen LogP contribution in [0.5, 0.6) is 23.0 Å². The Kier molecular flexibility index (Phi) is 36.1. The predicted molar refractivity (Wildman–Crippen MR) is 409 cm³/mol. The number of aromatic nitrogens is 4. The van der Waals surface area contributed by atoms with Gasteiger partial charge in [-0.2, -0.15) is 0 Å². The highest BCUT2D eigenvalue weighted by atomic mass is 19.3. The van der Waals surface area contributed by atoms with Gasteiger partial charge in [-0.25, -0.2) is 39.5 Å². The fourth-order valence-corrected chi connectivity index (χ4v) is 10.3. The van der Waals surface area contributed by atoms with E-state index >= 15 is 0 Å². The number of benzene rings is 4. The molecule has 9 rings (SSSR count). The quantitative estimate of drug-likeness (QED) is 0.0272. The monoisotopic (exact) mass is 1550 g/mol. The molecule has 17 nitrogen and oxygen atoms in total. The average Bonchev–Trinajstić information content (AvgIpc) is 0.861. The van der Waals surface area contributed by atoms with Crippen LogP contribution in [0.4, 0.5) is 39.5 Å². The molecule has 4 amide bonds. The Morgan fingerprint density at radius 2 is 0.793 bits per heavy atom. The molecule has 26 heteroatoms. The molecule has 2 atom stereocenters. The van der Waals surface area contributed by atoms with Gasteiger partial charge in [-0.3, -0.25) is 39.1 Å². The Labute approximate surface area is 645 Å². The summed E-state index contributed by atoms with van der Waals surface area (Å²) in [6.45, 7) is 21.0. The number of rotatable bonds is 35. The van der Waals surface area contributed by atoms with Crippen molar-refractivity contribution in [2.24, 2.45) is 23.7 Å². The molecule has 4 N–H and O–H groups in total. The van der Waals surface area contributed by atoms with Crippen molar-refractivity contribution < 1.29 is 82.4 Å². The van der Waals surface area contributed by atoms with Crippen molar-refractivity contribution in [2.45, 2.75) is 151 Å². The number of alkyl halides is 8. The van der Waals surface area contributed by atoms with Crippen LogP contribution in [-0.4, -0.2) is 115 Å². The van der Waals surface area contributed by atoms with E-state index in [-0.39, 0.29) is 52.5 Å². The molecule has 1 aliphatic rings. The van der Waals surface area contributed by atoms with Crippen LogP contribution >= 0.6 is 0 Å². The van der Waals surface area contributed by atoms with E-state index in [1.165, 1.54) is 60.7 Å². The maximum atomic E-state index is 13.7. The first-order valence-electron chi connectivity index (χ1n) is 37.3. The predicted octanol–water partition coefficient (Wildman–Crippen LogP) is 17.6. The van der Waals surface area contributed by atoms with Crippen LogP contribution in [0.15, 0.2) is 164 Å². The molecule has 600 valence electrons. The first kappa shape index (κ1) is 89.8. The number of nitrogens with zero attached hydrogens (tertiary/aromatic N) is 4. The summed E-state index contributed by atoms with van der Waals surface area (Å²) in [6, 6.07) is 35.5. The molecule has 111 heavy (non-hydrogen) atoms. The van der Waals surface area contributed by atoms with Crippen LogP contribution in [0.2, 0.25) is 0 Å². The van der Waals surface area contributed by atoms with Gasteiger partial charge in [0.25, 0.3) is 41.4 Å². The maximum absolute atomic E-state index is 13.7. The van der Waals surface area contributed by atoms with E-state index in [1.54, 1.807) is 79.4 Å². The van der Waals surface area contributed by atoms with E-state index in [1.807, 2.05) is 32.0 Å². The summed E-state index contributed by atoms with van der Waals surface area (Å²) in [5, 5.41) is 11.5. The van der Waals surface area contributed by atoms with E-state index in [9.17, 15) is 58.7 Å². The highest BCUT2D eigenvalue weighted by Gasteiger charge is 2.28.